The highest BCUT2D eigenvalue weighted by atomic mass is 32.2. The lowest BCUT2D eigenvalue weighted by atomic mass is 10.0. The Labute approximate surface area is 113 Å². The number of nitrogens with zero attached hydrogens (tertiary/aromatic N) is 1. The predicted molar refractivity (Wildman–Crippen MR) is 77.9 cm³/mol. The molecule has 0 radical (unpaired) electrons. The third-order valence-electron chi connectivity index (χ3n) is 3.23. The molecule has 4 heteroatoms. The van der Waals surface area contributed by atoms with Crippen molar-refractivity contribution in [2.75, 3.05) is 13.6 Å². The van der Waals surface area contributed by atoms with Crippen LogP contribution >= 0.6 is 23.1 Å². The summed E-state index contributed by atoms with van der Waals surface area (Å²) in [5, 5.41) is 7.59. The number of hydrogen-bond donors (Lipinski definition) is 1. The highest BCUT2D eigenvalue weighted by Crippen LogP contribution is 2.31. The third-order valence-corrected chi connectivity index (χ3v) is 5.69. The molecule has 17 heavy (non-hydrogen) atoms. The number of rotatable bonds is 6. The van der Waals surface area contributed by atoms with Gasteiger partial charge in [-0.2, -0.15) is 11.8 Å². The number of hydrogen-bond acceptors (Lipinski definition) is 4. The Kier molecular flexibility index (Phi) is 5.81. The summed E-state index contributed by atoms with van der Waals surface area (Å²) in [7, 11) is 1.99. The zero-order chi connectivity index (χ0) is 11.9. The molecule has 1 fully saturated rings. The smallest absolute Gasteiger partial charge is 0.103 e. The van der Waals surface area contributed by atoms with Crippen molar-refractivity contribution in [1.82, 2.24) is 10.3 Å². The van der Waals surface area contributed by atoms with Gasteiger partial charge in [0, 0.05) is 29.3 Å². The molecule has 0 saturated heterocycles. The predicted octanol–water partition coefficient (Wildman–Crippen LogP) is 3.47. The summed E-state index contributed by atoms with van der Waals surface area (Å²) in [6, 6.07) is 0. The van der Waals surface area contributed by atoms with Crippen molar-refractivity contribution in [3.8, 4) is 0 Å². The van der Waals surface area contributed by atoms with Crippen molar-refractivity contribution >= 4 is 23.1 Å². The Morgan fingerprint density at radius 1 is 1.41 bits per heavy atom. The molecule has 0 bridgehead atoms. The lowest BCUT2D eigenvalue weighted by Crippen LogP contribution is -2.10. The molecule has 1 aliphatic carbocycles. The molecule has 1 aromatic rings. The highest BCUT2D eigenvalue weighted by molar-refractivity contribution is 7.99. The standard InChI is InChI=1S/C13H22N2S2/c1-14-8-7-11-9-17-13(15-11)10-16-12-5-3-2-4-6-12/h9,12,14H,2-8,10H2,1H3. The largest absolute Gasteiger partial charge is 0.319 e. The van der Waals surface area contributed by atoms with Crippen LogP contribution in [0.2, 0.25) is 0 Å². The van der Waals surface area contributed by atoms with Gasteiger partial charge < -0.3 is 5.32 Å². The van der Waals surface area contributed by atoms with Gasteiger partial charge in [0.1, 0.15) is 5.01 Å². The molecule has 2 nitrogen and oxygen atoms in total. The number of aromatic nitrogens is 1. The summed E-state index contributed by atoms with van der Waals surface area (Å²) < 4.78 is 0. The van der Waals surface area contributed by atoms with Crippen molar-refractivity contribution in [2.24, 2.45) is 0 Å². The molecular weight excluding hydrogens is 248 g/mol. The second kappa shape index (κ2) is 7.39. The summed E-state index contributed by atoms with van der Waals surface area (Å²) >= 11 is 3.95. The minimum absolute atomic E-state index is 0.897. The first kappa shape index (κ1) is 13.4. The van der Waals surface area contributed by atoms with Crippen molar-refractivity contribution in [2.45, 2.75) is 49.5 Å². The first-order chi connectivity index (χ1) is 8.38. The fourth-order valence-electron chi connectivity index (χ4n) is 2.20. The number of likely N-dealkylation sites (N-methyl/N-ethyl adjacent to an activating group) is 1. The zero-order valence-electron chi connectivity index (χ0n) is 10.6. The zero-order valence-corrected chi connectivity index (χ0v) is 12.2. The van der Waals surface area contributed by atoms with Gasteiger partial charge in [-0.1, -0.05) is 19.3 Å². The van der Waals surface area contributed by atoms with Gasteiger partial charge >= 0.3 is 0 Å². The Morgan fingerprint density at radius 3 is 3.00 bits per heavy atom. The fraction of sp³-hybridized carbons (Fsp3) is 0.769. The van der Waals surface area contributed by atoms with Crippen molar-refractivity contribution in [3.05, 3.63) is 16.1 Å². The number of thiazole rings is 1. The summed E-state index contributed by atoms with van der Waals surface area (Å²) in [5.74, 6) is 1.12. The maximum absolute atomic E-state index is 4.69. The summed E-state index contributed by atoms with van der Waals surface area (Å²) in [6.45, 7) is 1.03. The van der Waals surface area contributed by atoms with E-state index in [9.17, 15) is 0 Å². The van der Waals surface area contributed by atoms with Gasteiger partial charge in [-0.05, 0) is 19.9 Å². The van der Waals surface area contributed by atoms with Crippen molar-refractivity contribution < 1.29 is 0 Å². The molecule has 0 atom stereocenters. The van der Waals surface area contributed by atoms with Crippen LogP contribution in [0.5, 0.6) is 0 Å². The topological polar surface area (TPSA) is 24.9 Å². The molecule has 0 spiro atoms. The number of nitrogens with one attached hydrogen (secondary N) is 1. The SMILES string of the molecule is CNCCc1csc(CSC2CCCCC2)n1. The van der Waals surface area contributed by atoms with Gasteiger partial charge in [0.15, 0.2) is 0 Å². The number of thioether (sulfide) groups is 1. The van der Waals surface area contributed by atoms with E-state index in [1.807, 2.05) is 18.4 Å². The quantitative estimate of drug-likeness (QED) is 0.857. The molecule has 2 rings (SSSR count). The molecule has 0 aliphatic heterocycles. The van der Waals surface area contributed by atoms with E-state index in [1.165, 1.54) is 42.8 Å². The first-order valence-electron chi connectivity index (χ1n) is 6.58. The Balaban J connectivity index is 1.72. The van der Waals surface area contributed by atoms with Crippen LogP contribution in [0.4, 0.5) is 0 Å². The molecule has 0 aromatic carbocycles. The Hall–Kier alpha value is -0.0600. The van der Waals surface area contributed by atoms with E-state index < -0.39 is 0 Å². The highest BCUT2D eigenvalue weighted by Gasteiger charge is 2.14. The van der Waals surface area contributed by atoms with Gasteiger partial charge in [-0.25, -0.2) is 4.98 Å². The van der Waals surface area contributed by atoms with Crippen LogP contribution in [0, 0.1) is 0 Å². The molecule has 0 unspecified atom stereocenters. The van der Waals surface area contributed by atoms with Gasteiger partial charge in [-0.15, -0.1) is 11.3 Å². The molecule has 1 saturated carbocycles. The van der Waals surface area contributed by atoms with E-state index >= 15 is 0 Å². The minimum atomic E-state index is 0.897. The van der Waals surface area contributed by atoms with Crippen LogP contribution in [0.3, 0.4) is 0 Å². The summed E-state index contributed by atoms with van der Waals surface area (Å²) in [6.07, 6.45) is 8.21. The monoisotopic (exact) mass is 270 g/mol. The third kappa shape index (κ3) is 4.60. The van der Waals surface area contributed by atoms with Gasteiger partial charge in [-0.3, -0.25) is 0 Å². The second-order valence-corrected chi connectivity index (χ2v) is 6.89. The average molecular weight is 270 g/mol. The summed E-state index contributed by atoms with van der Waals surface area (Å²) in [4.78, 5) is 4.69. The van der Waals surface area contributed by atoms with Gasteiger partial charge in [0.25, 0.3) is 0 Å². The van der Waals surface area contributed by atoms with Gasteiger partial charge in [0.05, 0.1) is 5.69 Å². The van der Waals surface area contributed by atoms with E-state index in [2.05, 4.69) is 27.4 Å². The van der Waals surface area contributed by atoms with E-state index in [-0.39, 0.29) is 0 Å². The molecule has 1 N–H and O–H groups in total. The average Bonchev–Trinajstić information content (AvgIpc) is 2.83. The first-order valence-corrected chi connectivity index (χ1v) is 8.51. The lowest BCUT2D eigenvalue weighted by Gasteiger charge is -2.20. The van der Waals surface area contributed by atoms with E-state index in [0.29, 0.717) is 0 Å². The maximum Gasteiger partial charge on any atom is 0.103 e. The fourth-order valence-corrected chi connectivity index (χ4v) is 4.40. The van der Waals surface area contributed by atoms with Crippen molar-refractivity contribution in [1.29, 1.82) is 0 Å². The molecular formula is C13H22N2S2. The van der Waals surface area contributed by atoms with E-state index in [1.54, 1.807) is 0 Å². The van der Waals surface area contributed by atoms with E-state index in [0.717, 1.165) is 24.0 Å². The van der Waals surface area contributed by atoms with Crippen LogP contribution in [-0.4, -0.2) is 23.8 Å². The van der Waals surface area contributed by atoms with Crippen LogP contribution in [-0.2, 0) is 12.2 Å². The lowest BCUT2D eigenvalue weighted by molar-refractivity contribution is 0.516. The van der Waals surface area contributed by atoms with E-state index in [4.69, 9.17) is 0 Å². The molecule has 1 aliphatic rings. The van der Waals surface area contributed by atoms with Crippen molar-refractivity contribution in [3.63, 3.8) is 0 Å². The minimum Gasteiger partial charge on any atom is -0.319 e. The molecule has 0 amide bonds. The Morgan fingerprint density at radius 2 is 2.24 bits per heavy atom. The van der Waals surface area contributed by atoms with Crippen LogP contribution in [0.1, 0.15) is 42.8 Å². The Bertz CT molecular complexity index is 319. The normalized spacial score (nSPS) is 17.5. The van der Waals surface area contributed by atoms with Gasteiger partial charge in [0.2, 0.25) is 0 Å². The maximum atomic E-state index is 4.69. The second-order valence-electron chi connectivity index (χ2n) is 4.66. The molecule has 1 aromatic heterocycles. The van der Waals surface area contributed by atoms with Crippen LogP contribution < -0.4 is 5.32 Å². The van der Waals surface area contributed by atoms with Crippen LogP contribution in [0.15, 0.2) is 5.38 Å². The molecule has 96 valence electrons. The molecule has 1 heterocycles. The van der Waals surface area contributed by atoms with Crippen LogP contribution in [0.25, 0.3) is 0 Å². The summed E-state index contributed by atoms with van der Waals surface area (Å²) in [5.41, 5.74) is 1.25.